The molecule has 0 atom stereocenters. The molecule has 0 saturated carbocycles. The number of halogens is 1. The third-order valence-corrected chi connectivity index (χ3v) is 2.70. The minimum absolute atomic E-state index is 0.0385. The van der Waals surface area contributed by atoms with Gasteiger partial charge in [-0.25, -0.2) is 9.98 Å². The molecular weight excluding hydrogens is 308 g/mol. The van der Waals surface area contributed by atoms with E-state index in [0.717, 1.165) is 11.3 Å². The Morgan fingerprint density at radius 3 is 2.63 bits per heavy atom. The summed E-state index contributed by atoms with van der Waals surface area (Å²) in [5, 5.41) is 11.1. The maximum atomic E-state index is 7.82. The summed E-state index contributed by atoms with van der Waals surface area (Å²) in [5.74, 6) is 0.0385. The van der Waals surface area contributed by atoms with Crippen LogP contribution in [0.4, 0.5) is 5.69 Å². The van der Waals surface area contributed by atoms with Crippen LogP contribution in [0.3, 0.4) is 0 Å². The van der Waals surface area contributed by atoms with E-state index in [1.54, 1.807) is 6.92 Å². The predicted octanol–water partition coefficient (Wildman–Crippen LogP) is 1.83. The lowest BCUT2D eigenvalue weighted by atomic mass is 10.1. The molecule has 0 aliphatic heterocycles. The molecule has 0 aromatic carbocycles. The third-order valence-electron chi connectivity index (χ3n) is 2.29. The molecule has 1 rings (SSSR count). The zero-order valence-electron chi connectivity index (χ0n) is 11.3. The maximum absolute atomic E-state index is 7.82. The number of hydrogen-bond donors (Lipinski definition) is 4. The van der Waals surface area contributed by atoms with Gasteiger partial charge >= 0.3 is 0 Å². The Kier molecular flexibility index (Phi) is 5.29. The number of rotatable bonds is 5. The van der Waals surface area contributed by atoms with Gasteiger partial charge in [0.05, 0.1) is 17.9 Å². The topological polar surface area (TPSA) is 113 Å². The largest absolute Gasteiger partial charge is 0.381 e. The molecule has 0 unspecified atom stereocenters. The minimum atomic E-state index is 0.0385. The number of aliphatic imine (C=N–C) groups is 1. The fourth-order valence-corrected chi connectivity index (χ4v) is 2.04. The van der Waals surface area contributed by atoms with Crippen molar-refractivity contribution in [3.8, 4) is 0 Å². The van der Waals surface area contributed by atoms with E-state index < -0.39 is 0 Å². The number of nitrogens with two attached hydrogens (primary N) is 2. The summed E-state index contributed by atoms with van der Waals surface area (Å²) in [7, 11) is 0. The quantitative estimate of drug-likeness (QED) is 0.375. The summed E-state index contributed by atoms with van der Waals surface area (Å²) in [6, 6.07) is 2.07. The first-order valence-electron chi connectivity index (χ1n) is 5.88. The molecule has 0 fully saturated rings. The molecule has 0 spiro atoms. The van der Waals surface area contributed by atoms with E-state index in [9.17, 15) is 0 Å². The molecular formula is C12H19BrN6. The summed E-state index contributed by atoms with van der Waals surface area (Å²) in [6.45, 7) is 6.09. The highest BCUT2D eigenvalue weighted by Gasteiger charge is 2.14. The van der Waals surface area contributed by atoms with Gasteiger partial charge in [-0.15, -0.1) is 0 Å². The Balaban J connectivity index is 3.32. The standard InChI is InChI=1S/C12H19BrN6/c1-6(2)18-11-8(5-17-12(15)16)4-9(13)19-10(11)7(3)14/h4,6,14,18H,5H2,1-3H3,(H4,15,16,17). The molecule has 6 N–H and O–H groups in total. The van der Waals surface area contributed by atoms with Crippen LogP contribution in [0.2, 0.25) is 0 Å². The highest BCUT2D eigenvalue weighted by molar-refractivity contribution is 9.10. The van der Waals surface area contributed by atoms with Gasteiger partial charge in [0.2, 0.25) is 0 Å². The Labute approximate surface area is 121 Å². The smallest absolute Gasteiger partial charge is 0.186 e. The van der Waals surface area contributed by atoms with Gasteiger partial charge in [0.15, 0.2) is 5.96 Å². The highest BCUT2D eigenvalue weighted by Crippen LogP contribution is 2.25. The van der Waals surface area contributed by atoms with Gasteiger partial charge in [0.25, 0.3) is 0 Å². The first-order chi connectivity index (χ1) is 8.81. The van der Waals surface area contributed by atoms with E-state index in [2.05, 4.69) is 31.2 Å². The number of nitrogens with one attached hydrogen (secondary N) is 2. The first-order valence-corrected chi connectivity index (χ1v) is 6.67. The van der Waals surface area contributed by atoms with Gasteiger partial charge in [0.1, 0.15) is 10.3 Å². The summed E-state index contributed by atoms with van der Waals surface area (Å²) in [5.41, 5.74) is 13.4. The summed E-state index contributed by atoms with van der Waals surface area (Å²) < 4.78 is 0.657. The Morgan fingerprint density at radius 1 is 1.53 bits per heavy atom. The fraction of sp³-hybridized carbons (Fsp3) is 0.417. The van der Waals surface area contributed by atoms with Crippen molar-refractivity contribution in [2.24, 2.45) is 16.5 Å². The molecule has 0 radical (unpaired) electrons. The monoisotopic (exact) mass is 326 g/mol. The zero-order chi connectivity index (χ0) is 14.6. The molecule has 0 bridgehead atoms. The van der Waals surface area contributed by atoms with E-state index in [4.69, 9.17) is 16.9 Å². The second kappa shape index (κ2) is 6.51. The average molecular weight is 327 g/mol. The van der Waals surface area contributed by atoms with Crippen LogP contribution in [-0.2, 0) is 6.54 Å². The van der Waals surface area contributed by atoms with Crippen LogP contribution in [-0.4, -0.2) is 22.7 Å². The number of pyridine rings is 1. The molecule has 19 heavy (non-hydrogen) atoms. The molecule has 104 valence electrons. The van der Waals surface area contributed by atoms with Crippen LogP contribution >= 0.6 is 15.9 Å². The highest BCUT2D eigenvalue weighted by atomic mass is 79.9. The Hall–Kier alpha value is -1.63. The van der Waals surface area contributed by atoms with Crippen molar-refractivity contribution in [3.63, 3.8) is 0 Å². The lowest BCUT2D eigenvalue weighted by Crippen LogP contribution is -2.23. The second-order valence-corrected chi connectivity index (χ2v) is 5.31. The molecule has 0 aliphatic carbocycles. The maximum Gasteiger partial charge on any atom is 0.186 e. The normalized spacial score (nSPS) is 10.4. The van der Waals surface area contributed by atoms with Gasteiger partial charge in [0, 0.05) is 11.6 Å². The summed E-state index contributed by atoms with van der Waals surface area (Å²) in [6.07, 6.45) is 0. The summed E-state index contributed by atoms with van der Waals surface area (Å²) >= 11 is 3.34. The van der Waals surface area contributed by atoms with Crippen LogP contribution < -0.4 is 16.8 Å². The molecule has 1 heterocycles. The van der Waals surface area contributed by atoms with E-state index >= 15 is 0 Å². The molecule has 0 amide bonds. The van der Waals surface area contributed by atoms with Crippen molar-refractivity contribution < 1.29 is 0 Å². The van der Waals surface area contributed by atoms with Crippen LogP contribution in [0.1, 0.15) is 32.0 Å². The molecule has 6 nitrogen and oxygen atoms in total. The number of aromatic nitrogens is 1. The molecule has 0 aliphatic rings. The Morgan fingerprint density at radius 2 is 2.16 bits per heavy atom. The summed E-state index contributed by atoms with van der Waals surface area (Å²) in [4.78, 5) is 8.35. The number of nitrogens with zero attached hydrogens (tertiary/aromatic N) is 2. The van der Waals surface area contributed by atoms with E-state index in [1.165, 1.54) is 0 Å². The van der Waals surface area contributed by atoms with Gasteiger partial charge < -0.3 is 22.2 Å². The fourth-order valence-electron chi connectivity index (χ4n) is 1.59. The first kappa shape index (κ1) is 15.4. The van der Waals surface area contributed by atoms with Crippen molar-refractivity contribution in [1.82, 2.24) is 4.98 Å². The lowest BCUT2D eigenvalue weighted by molar-refractivity contribution is 0.886. The third kappa shape index (κ3) is 4.51. The van der Waals surface area contributed by atoms with E-state index in [-0.39, 0.29) is 12.0 Å². The van der Waals surface area contributed by atoms with Crippen molar-refractivity contribution >= 4 is 33.3 Å². The van der Waals surface area contributed by atoms with Crippen LogP contribution in [0.25, 0.3) is 0 Å². The van der Waals surface area contributed by atoms with Gasteiger partial charge in [-0.05, 0) is 42.8 Å². The lowest BCUT2D eigenvalue weighted by Gasteiger charge is -2.17. The molecule has 1 aromatic rings. The van der Waals surface area contributed by atoms with E-state index in [0.29, 0.717) is 22.6 Å². The van der Waals surface area contributed by atoms with E-state index in [1.807, 2.05) is 19.9 Å². The van der Waals surface area contributed by atoms with Gasteiger partial charge in [-0.2, -0.15) is 0 Å². The van der Waals surface area contributed by atoms with Gasteiger partial charge in [-0.3, -0.25) is 0 Å². The number of hydrogen-bond acceptors (Lipinski definition) is 4. The average Bonchev–Trinajstić information content (AvgIpc) is 2.27. The number of guanidine groups is 1. The van der Waals surface area contributed by atoms with Crippen molar-refractivity contribution in [3.05, 3.63) is 21.9 Å². The second-order valence-electron chi connectivity index (χ2n) is 4.49. The van der Waals surface area contributed by atoms with Crippen molar-refractivity contribution in [2.75, 3.05) is 5.32 Å². The van der Waals surface area contributed by atoms with Crippen molar-refractivity contribution in [2.45, 2.75) is 33.4 Å². The van der Waals surface area contributed by atoms with Crippen molar-refractivity contribution in [1.29, 1.82) is 5.41 Å². The predicted molar refractivity (Wildman–Crippen MR) is 82.7 cm³/mol. The molecule has 1 aromatic heterocycles. The Bertz CT molecular complexity index is 505. The number of anilines is 1. The van der Waals surface area contributed by atoms with Gasteiger partial charge in [-0.1, -0.05) is 0 Å². The molecule has 7 heteroatoms. The minimum Gasteiger partial charge on any atom is -0.381 e. The van der Waals surface area contributed by atoms with Crippen LogP contribution in [0.15, 0.2) is 15.7 Å². The van der Waals surface area contributed by atoms with Crippen LogP contribution in [0.5, 0.6) is 0 Å². The SMILES string of the molecule is CC(=N)c1nc(Br)cc(CN=C(N)N)c1NC(C)C. The molecule has 0 saturated heterocycles. The zero-order valence-corrected chi connectivity index (χ0v) is 12.9. The van der Waals surface area contributed by atoms with Crippen LogP contribution in [0, 0.1) is 5.41 Å².